The number of thiophene rings is 1. The van der Waals surface area contributed by atoms with Crippen molar-refractivity contribution < 1.29 is 14.0 Å². The molecule has 0 bridgehead atoms. The molecule has 26 heavy (non-hydrogen) atoms. The summed E-state index contributed by atoms with van der Waals surface area (Å²) < 4.78 is 5.49. The fourth-order valence-corrected chi connectivity index (χ4v) is 3.82. The van der Waals surface area contributed by atoms with Crippen molar-refractivity contribution in [1.29, 1.82) is 0 Å². The third kappa shape index (κ3) is 4.36. The lowest BCUT2D eigenvalue weighted by Crippen LogP contribution is -2.37. The molecule has 1 atom stereocenters. The van der Waals surface area contributed by atoms with E-state index in [1.165, 1.54) is 11.8 Å². The lowest BCUT2D eigenvalue weighted by molar-refractivity contribution is -0.136. The van der Waals surface area contributed by atoms with E-state index in [-0.39, 0.29) is 12.5 Å². The maximum absolute atomic E-state index is 12.2. The molecule has 0 aliphatic rings. The maximum Gasteiger partial charge on any atom is 0.313 e. The van der Waals surface area contributed by atoms with E-state index < -0.39 is 11.8 Å². The summed E-state index contributed by atoms with van der Waals surface area (Å²) in [4.78, 5) is 25.3. The Kier molecular flexibility index (Phi) is 6.14. The molecule has 3 rings (SSSR count). The van der Waals surface area contributed by atoms with Crippen LogP contribution in [0.4, 0.5) is 5.69 Å². The Balaban J connectivity index is 1.64. The van der Waals surface area contributed by atoms with E-state index in [4.69, 9.17) is 4.42 Å². The summed E-state index contributed by atoms with van der Waals surface area (Å²) in [5.41, 5.74) is 1.67. The van der Waals surface area contributed by atoms with E-state index in [2.05, 4.69) is 10.6 Å². The van der Waals surface area contributed by atoms with Crippen LogP contribution >= 0.6 is 23.1 Å². The Hall–Kier alpha value is -2.51. The van der Waals surface area contributed by atoms with E-state index in [0.29, 0.717) is 5.69 Å². The van der Waals surface area contributed by atoms with Crippen molar-refractivity contribution >= 4 is 40.6 Å². The number of hydrogen-bond acceptors (Lipinski definition) is 5. The van der Waals surface area contributed by atoms with Gasteiger partial charge in [0.1, 0.15) is 5.76 Å². The van der Waals surface area contributed by atoms with Crippen LogP contribution in [0.15, 0.2) is 68.8 Å². The Labute approximate surface area is 159 Å². The molecule has 0 saturated heterocycles. The number of carbonyl (C=O) groups is 2. The number of nitrogens with one attached hydrogen (secondary N) is 2. The molecule has 0 spiro atoms. The first kappa shape index (κ1) is 18.3. The number of carbonyl (C=O) groups excluding carboxylic acids is 2. The fourth-order valence-electron chi connectivity index (χ4n) is 2.55. The van der Waals surface area contributed by atoms with E-state index in [9.17, 15) is 9.59 Å². The quantitative estimate of drug-likeness (QED) is 0.497. The molecule has 2 aromatic heterocycles. The molecule has 7 heteroatoms. The van der Waals surface area contributed by atoms with E-state index in [0.717, 1.165) is 16.2 Å². The summed E-state index contributed by atoms with van der Waals surface area (Å²) in [6.45, 7) is 0.278. The smallest absolute Gasteiger partial charge is 0.313 e. The first-order valence-corrected chi connectivity index (χ1v) is 10.1. The number of amides is 2. The van der Waals surface area contributed by atoms with Gasteiger partial charge in [0.2, 0.25) is 0 Å². The summed E-state index contributed by atoms with van der Waals surface area (Å²) in [5.74, 6) is -0.744. The largest absolute Gasteiger partial charge is 0.469 e. The maximum atomic E-state index is 12.2. The number of hydrogen-bond donors (Lipinski definition) is 2. The van der Waals surface area contributed by atoms with Crippen molar-refractivity contribution in [2.75, 3.05) is 18.1 Å². The van der Waals surface area contributed by atoms with Crippen LogP contribution in [0.5, 0.6) is 0 Å². The molecule has 0 saturated carbocycles. The zero-order chi connectivity index (χ0) is 18.4. The Bertz CT molecular complexity index is 827. The predicted octanol–water partition coefficient (Wildman–Crippen LogP) is 3.95. The number of rotatable bonds is 6. The lowest BCUT2D eigenvalue weighted by atomic mass is 9.99. The summed E-state index contributed by atoms with van der Waals surface area (Å²) in [7, 11) is 0. The van der Waals surface area contributed by atoms with Crippen LogP contribution in [0.25, 0.3) is 0 Å². The molecule has 0 aliphatic heterocycles. The van der Waals surface area contributed by atoms with Crippen molar-refractivity contribution in [3.63, 3.8) is 0 Å². The van der Waals surface area contributed by atoms with Gasteiger partial charge in [0.15, 0.2) is 0 Å². The number of thioether (sulfide) groups is 1. The van der Waals surface area contributed by atoms with Crippen LogP contribution in [0.1, 0.15) is 17.2 Å². The van der Waals surface area contributed by atoms with Gasteiger partial charge in [-0.1, -0.05) is 12.1 Å². The number of furan rings is 1. The molecule has 1 unspecified atom stereocenters. The Morgan fingerprint density at radius 1 is 1.15 bits per heavy atom. The van der Waals surface area contributed by atoms with Gasteiger partial charge in [-0.05, 0) is 52.9 Å². The van der Waals surface area contributed by atoms with Gasteiger partial charge < -0.3 is 15.1 Å². The predicted molar refractivity (Wildman–Crippen MR) is 105 cm³/mol. The zero-order valence-electron chi connectivity index (χ0n) is 14.1. The van der Waals surface area contributed by atoms with Gasteiger partial charge in [-0.25, -0.2) is 0 Å². The SMILES string of the molecule is CSc1ccccc1NC(=O)C(=O)NCC(c1ccsc1)c1ccco1. The average molecular weight is 386 g/mol. The second-order valence-corrected chi connectivity index (χ2v) is 7.12. The van der Waals surface area contributed by atoms with Gasteiger partial charge in [0.25, 0.3) is 0 Å². The van der Waals surface area contributed by atoms with E-state index in [1.54, 1.807) is 23.7 Å². The molecule has 0 radical (unpaired) electrons. The molecule has 2 amide bonds. The summed E-state index contributed by atoms with van der Waals surface area (Å²) >= 11 is 3.08. The van der Waals surface area contributed by atoms with Crippen molar-refractivity contribution in [2.45, 2.75) is 10.8 Å². The van der Waals surface area contributed by atoms with Gasteiger partial charge in [-0.3, -0.25) is 9.59 Å². The molecular weight excluding hydrogens is 368 g/mol. The Morgan fingerprint density at radius 3 is 2.69 bits per heavy atom. The van der Waals surface area contributed by atoms with E-state index >= 15 is 0 Å². The number of anilines is 1. The zero-order valence-corrected chi connectivity index (χ0v) is 15.7. The molecule has 0 aliphatic carbocycles. The van der Waals surface area contributed by atoms with Crippen LogP contribution in [0.3, 0.4) is 0 Å². The highest BCUT2D eigenvalue weighted by molar-refractivity contribution is 7.98. The van der Waals surface area contributed by atoms with Gasteiger partial charge in [-0.15, -0.1) is 11.8 Å². The third-order valence-electron chi connectivity index (χ3n) is 3.86. The summed E-state index contributed by atoms with van der Waals surface area (Å²) in [5, 5.41) is 9.34. The highest BCUT2D eigenvalue weighted by atomic mass is 32.2. The second kappa shape index (κ2) is 8.73. The van der Waals surface area contributed by atoms with Crippen molar-refractivity contribution in [1.82, 2.24) is 5.32 Å². The van der Waals surface area contributed by atoms with Crippen molar-refractivity contribution in [2.24, 2.45) is 0 Å². The highest BCUT2D eigenvalue weighted by Gasteiger charge is 2.21. The first-order valence-electron chi connectivity index (χ1n) is 7.96. The van der Waals surface area contributed by atoms with Crippen molar-refractivity contribution in [3.05, 3.63) is 70.8 Å². The van der Waals surface area contributed by atoms with Crippen LogP contribution < -0.4 is 10.6 Å². The van der Waals surface area contributed by atoms with Crippen LogP contribution in [-0.4, -0.2) is 24.6 Å². The van der Waals surface area contributed by atoms with Crippen LogP contribution in [0, 0.1) is 0 Å². The molecule has 134 valence electrons. The minimum absolute atomic E-state index is 0.133. The minimum atomic E-state index is -0.685. The van der Waals surface area contributed by atoms with Gasteiger partial charge >= 0.3 is 11.8 Å². The van der Waals surface area contributed by atoms with Gasteiger partial charge in [0, 0.05) is 11.4 Å². The molecule has 1 aromatic carbocycles. The molecule has 2 N–H and O–H groups in total. The van der Waals surface area contributed by atoms with E-state index in [1.807, 2.05) is 53.4 Å². The molecule has 5 nitrogen and oxygen atoms in total. The highest BCUT2D eigenvalue weighted by Crippen LogP contribution is 2.26. The molecule has 2 heterocycles. The topological polar surface area (TPSA) is 71.3 Å². The van der Waals surface area contributed by atoms with Crippen LogP contribution in [0.2, 0.25) is 0 Å². The third-order valence-corrected chi connectivity index (χ3v) is 5.36. The average Bonchev–Trinajstić information content (AvgIpc) is 3.36. The van der Waals surface area contributed by atoms with Crippen LogP contribution in [-0.2, 0) is 9.59 Å². The number of benzene rings is 1. The minimum Gasteiger partial charge on any atom is -0.469 e. The van der Waals surface area contributed by atoms with Crippen molar-refractivity contribution in [3.8, 4) is 0 Å². The normalized spacial score (nSPS) is 11.7. The monoisotopic (exact) mass is 386 g/mol. The van der Waals surface area contributed by atoms with Gasteiger partial charge in [-0.2, -0.15) is 11.3 Å². The molecule has 3 aromatic rings. The summed E-state index contributed by atoms with van der Waals surface area (Å²) in [6.07, 6.45) is 3.52. The fraction of sp³-hybridized carbons (Fsp3) is 0.158. The lowest BCUT2D eigenvalue weighted by Gasteiger charge is -2.15. The second-order valence-electron chi connectivity index (χ2n) is 5.49. The standard InChI is InChI=1S/C19H18N2O3S2/c1-25-17-7-3-2-5-15(17)21-19(23)18(22)20-11-14(13-8-10-26-12-13)16-6-4-9-24-16/h2-10,12,14H,11H2,1H3,(H,20,22)(H,21,23). The number of para-hydroxylation sites is 1. The summed E-state index contributed by atoms with van der Waals surface area (Å²) in [6, 6.07) is 13.0. The first-order chi connectivity index (χ1) is 12.7. The molecular formula is C19H18N2O3S2. The molecule has 0 fully saturated rings. The Morgan fingerprint density at radius 2 is 2.00 bits per heavy atom. The van der Waals surface area contributed by atoms with Gasteiger partial charge in [0.05, 0.1) is 17.9 Å².